The lowest BCUT2D eigenvalue weighted by Gasteiger charge is -2.07. The van der Waals surface area contributed by atoms with Gasteiger partial charge in [-0.3, -0.25) is 0 Å². The van der Waals surface area contributed by atoms with Crippen LogP contribution in [0.5, 0.6) is 0 Å². The lowest BCUT2D eigenvalue weighted by molar-refractivity contribution is -0.192. The Labute approximate surface area is 203 Å². The molecule has 12 heteroatoms. The summed E-state index contributed by atoms with van der Waals surface area (Å²) in [4.78, 5) is 28.2. The number of hydrogen-bond donors (Lipinski definition) is 3. The van der Waals surface area contributed by atoms with Crippen LogP contribution < -0.4 is 0 Å². The number of nitrogens with one attached hydrogen (secondary N) is 1. The Morgan fingerprint density at radius 1 is 0.861 bits per heavy atom. The van der Waals surface area contributed by atoms with Gasteiger partial charge in [-0.1, -0.05) is 36.4 Å². The Morgan fingerprint density at radius 2 is 1.31 bits per heavy atom. The van der Waals surface area contributed by atoms with Crippen LogP contribution in [0, 0.1) is 6.92 Å². The Bertz CT molecular complexity index is 1540. The molecule has 4 aromatic rings. The fourth-order valence-electron chi connectivity index (χ4n) is 3.32. The molecule has 4 rings (SSSR count). The van der Waals surface area contributed by atoms with E-state index in [0.29, 0.717) is 16.9 Å². The highest BCUT2D eigenvalue weighted by atomic mass is 32.2. The van der Waals surface area contributed by atoms with Crippen molar-refractivity contribution in [1.29, 1.82) is 0 Å². The van der Waals surface area contributed by atoms with E-state index in [0.717, 1.165) is 22.3 Å². The Balaban J connectivity index is 0.000000454. The van der Waals surface area contributed by atoms with Crippen LogP contribution >= 0.6 is 0 Å². The molecule has 188 valence electrons. The van der Waals surface area contributed by atoms with Crippen LogP contribution in [0.25, 0.3) is 33.3 Å². The van der Waals surface area contributed by atoms with E-state index in [4.69, 9.17) is 9.90 Å². The molecule has 36 heavy (non-hydrogen) atoms. The lowest BCUT2D eigenvalue weighted by atomic mass is 9.98. The molecule has 0 aliphatic heterocycles. The number of aliphatic carboxylic acids is 1. The van der Waals surface area contributed by atoms with Gasteiger partial charge in [0, 0.05) is 6.26 Å². The first-order valence-corrected chi connectivity index (χ1v) is 12.0. The number of fused-ring (bicyclic) bond motifs is 1. The highest BCUT2D eigenvalue weighted by Gasteiger charge is 2.38. The van der Waals surface area contributed by atoms with Gasteiger partial charge in [-0.05, 0) is 53.4 Å². The van der Waals surface area contributed by atoms with Gasteiger partial charge in [-0.25, -0.2) is 23.0 Å². The number of benzene rings is 3. The molecule has 0 fully saturated rings. The van der Waals surface area contributed by atoms with Gasteiger partial charge in [0.1, 0.15) is 11.3 Å². The Morgan fingerprint density at radius 3 is 1.72 bits per heavy atom. The van der Waals surface area contributed by atoms with Gasteiger partial charge in [0.05, 0.1) is 16.0 Å². The number of alkyl halides is 3. The number of aromatic nitrogens is 2. The monoisotopic (exact) mass is 520 g/mol. The van der Waals surface area contributed by atoms with Gasteiger partial charge in [0.25, 0.3) is 0 Å². The maximum atomic E-state index is 11.6. The van der Waals surface area contributed by atoms with Crippen LogP contribution in [0.4, 0.5) is 13.2 Å². The van der Waals surface area contributed by atoms with E-state index < -0.39 is 28.0 Å². The average Bonchev–Trinajstić information content (AvgIpc) is 3.17. The molecule has 1 aromatic heterocycles. The molecule has 0 amide bonds. The van der Waals surface area contributed by atoms with E-state index in [-0.39, 0.29) is 10.5 Å². The predicted molar refractivity (Wildman–Crippen MR) is 125 cm³/mol. The molecule has 0 radical (unpaired) electrons. The van der Waals surface area contributed by atoms with Gasteiger partial charge < -0.3 is 15.2 Å². The molecule has 3 aromatic carbocycles. The molecular weight excluding hydrogens is 501 g/mol. The molecule has 1 heterocycles. The summed E-state index contributed by atoms with van der Waals surface area (Å²) in [5, 5.41) is 16.7. The van der Waals surface area contributed by atoms with Gasteiger partial charge in [-0.15, -0.1) is 0 Å². The van der Waals surface area contributed by atoms with E-state index >= 15 is 0 Å². The molecule has 0 saturated heterocycles. The van der Waals surface area contributed by atoms with Crippen molar-refractivity contribution in [2.75, 3.05) is 6.26 Å². The van der Waals surface area contributed by atoms with Crippen LogP contribution in [0.3, 0.4) is 0 Å². The number of nitrogens with zero attached hydrogens (tertiary/aromatic N) is 1. The minimum absolute atomic E-state index is 0.155. The Kier molecular flexibility index (Phi) is 7.20. The molecule has 0 aliphatic rings. The van der Waals surface area contributed by atoms with Gasteiger partial charge in [0.2, 0.25) is 0 Å². The second-order valence-corrected chi connectivity index (χ2v) is 9.74. The van der Waals surface area contributed by atoms with Crippen molar-refractivity contribution < 1.29 is 41.4 Å². The second kappa shape index (κ2) is 9.82. The molecular formula is C24H19F3N2O6S. The fourth-order valence-corrected chi connectivity index (χ4v) is 3.95. The highest BCUT2D eigenvalue weighted by Crippen LogP contribution is 2.29. The van der Waals surface area contributed by atoms with Crippen molar-refractivity contribution >= 4 is 32.8 Å². The summed E-state index contributed by atoms with van der Waals surface area (Å²) in [6, 6.07) is 17.9. The average molecular weight is 520 g/mol. The van der Waals surface area contributed by atoms with Crippen LogP contribution in [0.2, 0.25) is 0 Å². The summed E-state index contributed by atoms with van der Waals surface area (Å²) in [5.41, 5.74) is 4.76. The summed E-state index contributed by atoms with van der Waals surface area (Å²) in [6.07, 6.45) is -3.90. The SMILES string of the molecule is Cc1nc2c(C(=O)O)cc(-c3ccc(-c4ccc(S(C)(=O)=O)cc4)cc3)cc2[nH]1.O=C(O)C(F)(F)F. The summed E-state index contributed by atoms with van der Waals surface area (Å²) in [7, 11) is -3.23. The normalized spacial score (nSPS) is 11.6. The topological polar surface area (TPSA) is 137 Å². The van der Waals surface area contributed by atoms with Crippen molar-refractivity contribution in [3.63, 3.8) is 0 Å². The summed E-state index contributed by atoms with van der Waals surface area (Å²) in [5.74, 6) is -3.12. The fraction of sp³-hybridized carbons (Fsp3) is 0.125. The van der Waals surface area contributed by atoms with Crippen molar-refractivity contribution in [3.05, 3.63) is 72.1 Å². The van der Waals surface area contributed by atoms with Crippen LogP contribution in [0.15, 0.2) is 65.6 Å². The zero-order valence-electron chi connectivity index (χ0n) is 18.8. The summed E-state index contributed by atoms with van der Waals surface area (Å²) < 4.78 is 54.9. The molecule has 0 unspecified atom stereocenters. The second-order valence-electron chi connectivity index (χ2n) is 7.72. The predicted octanol–water partition coefficient (Wildman–Crippen LogP) is 4.94. The smallest absolute Gasteiger partial charge is 0.478 e. The molecule has 3 N–H and O–H groups in total. The van der Waals surface area contributed by atoms with E-state index in [9.17, 15) is 31.5 Å². The standard InChI is InChI=1S/C22H18N2O4S.C2HF3O2/c1-13-23-20-12-17(11-19(22(25)26)21(20)24-13)16-5-3-14(4-6-16)15-7-9-18(10-8-15)29(2,27)28;3-2(4,5)1(6)7/h3-12H,1-2H3,(H,23,24)(H,25,26);(H,6,7). The van der Waals surface area contributed by atoms with E-state index in [2.05, 4.69) is 9.97 Å². The van der Waals surface area contributed by atoms with E-state index in [1.165, 1.54) is 6.26 Å². The van der Waals surface area contributed by atoms with Crippen LogP contribution in [0.1, 0.15) is 16.2 Å². The van der Waals surface area contributed by atoms with Crippen LogP contribution in [-0.4, -0.2) is 53.0 Å². The van der Waals surface area contributed by atoms with Crippen molar-refractivity contribution in [2.45, 2.75) is 18.0 Å². The number of imidazole rings is 1. The van der Waals surface area contributed by atoms with E-state index in [1.807, 2.05) is 30.3 Å². The number of carboxylic acid groups (broad SMARTS) is 2. The number of aromatic carboxylic acids is 1. The third kappa shape index (κ3) is 6.08. The number of carbonyl (C=O) groups is 2. The third-order valence-corrected chi connectivity index (χ3v) is 6.14. The minimum Gasteiger partial charge on any atom is -0.478 e. The number of carboxylic acids is 2. The van der Waals surface area contributed by atoms with Gasteiger partial charge in [-0.2, -0.15) is 13.2 Å². The van der Waals surface area contributed by atoms with Gasteiger partial charge in [0.15, 0.2) is 9.84 Å². The number of hydrogen-bond acceptors (Lipinski definition) is 5. The quantitative estimate of drug-likeness (QED) is 0.347. The maximum absolute atomic E-state index is 11.6. The number of halogens is 3. The first-order valence-electron chi connectivity index (χ1n) is 10.1. The highest BCUT2D eigenvalue weighted by molar-refractivity contribution is 7.90. The first-order chi connectivity index (χ1) is 16.7. The number of aromatic amines is 1. The Hall–Kier alpha value is -4.19. The maximum Gasteiger partial charge on any atom is 0.490 e. The number of sulfone groups is 1. The van der Waals surface area contributed by atoms with Crippen molar-refractivity contribution in [1.82, 2.24) is 9.97 Å². The first kappa shape index (κ1) is 26.4. The number of aryl methyl sites for hydroxylation is 1. The molecule has 0 saturated carbocycles. The zero-order valence-corrected chi connectivity index (χ0v) is 19.6. The van der Waals surface area contributed by atoms with Crippen molar-refractivity contribution in [3.8, 4) is 22.3 Å². The molecule has 0 atom stereocenters. The van der Waals surface area contributed by atoms with E-state index in [1.54, 1.807) is 37.3 Å². The number of H-pyrrole nitrogens is 1. The lowest BCUT2D eigenvalue weighted by Crippen LogP contribution is -2.21. The summed E-state index contributed by atoms with van der Waals surface area (Å²) >= 11 is 0. The third-order valence-electron chi connectivity index (χ3n) is 5.01. The molecule has 8 nitrogen and oxygen atoms in total. The molecule has 0 bridgehead atoms. The molecule has 0 spiro atoms. The summed E-state index contributed by atoms with van der Waals surface area (Å²) in [6.45, 7) is 1.79. The minimum atomic E-state index is -5.08. The van der Waals surface area contributed by atoms with Crippen molar-refractivity contribution in [2.24, 2.45) is 0 Å². The van der Waals surface area contributed by atoms with Crippen LogP contribution in [-0.2, 0) is 14.6 Å². The van der Waals surface area contributed by atoms with Gasteiger partial charge >= 0.3 is 18.1 Å². The zero-order chi connectivity index (χ0) is 26.8. The number of rotatable bonds is 4. The molecule has 0 aliphatic carbocycles. The largest absolute Gasteiger partial charge is 0.490 e.